The lowest BCUT2D eigenvalue weighted by Crippen LogP contribution is -2.24. The average molecular weight is 204 g/mol. The molecule has 0 bridgehead atoms. The van der Waals surface area contributed by atoms with E-state index >= 15 is 0 Å². The number of hydrogen-bond donors (Lipinski definition) is 0. The van der Waals surface area contributed by atoms with Crippen molar-refractivity contribution in [1.82, 2.24) is 0 Å². The quantitative estimate of drug-likeness (QED) is 0.533. The standard InChI is InChI=1S/C11H16N2Si/c1-14(2,3)10-12-9-13-11-7-5-4-6-8-11/h4-8H,10H2,1-3H3. The van der Waals surface area contributed by atoms with E-state index < -0.39 is 8.07 Å². The van der Waals surface area contributed by atoms with Crippen LogP contribution in [0, 0.1) is 0 Å². The summed E-state index contributed by atoms with van der Waals surface area (Å²) in [4.78, 5) is 8.30. The number of para-hydroxylation sites is 1. The molecule has 1 aromatic carbocycles. The van der Waals surface area contributed by atoms with Crippen LogP contribution in [0.5, 0.6) is 0 Å². The third-order valence-corrected chi connectivity index (χ3v) is 2.67. The van der Waals surface area contributed by atoms with E-state index in [1.165, 1.54) is 0 Å². The maximum atomic E-state index is 4.18. The van der Waals surface area contributed by atoms with E-state index in [1.807, 2.05) is 30.3 Å². The summed E-state index contributed by atoms with van der Waals surface area (Å²) in [5.41, 5.74) is 0.909. The predicted molar refractivity (Wildman–Crippen MR) is 64.2 cm³/mol. The van der Waals surface area contributed by atoms with Gasteiger partial charge in [0.05, 0.1) is 19.8 Å². The van der Waals surface area contributed by atoms with Crippen molar-refractivity contribution < 1.29 is 0 Å². The highest BCUT2D eigenvalue weighted by atomic mass is 28.3. The number of benzene rings is 1. The van der Waals surface area contributed by atoms with E-state index in [4.69, 9.17) is 0 Å². The van der Waals surface area contributed by atoms with Crippen molar-refractivity contribution in [2.45, 2.75) is 19.6 Å². The summed E-state index contributed by atoms with van der Waals surface area (Å²) in [6, 6.07) is 12.5. The summed E-state index contributed by atoms with van der Waals surface area (Å²) in [5, 5.41) is 0. The second-order valence-electron chi connectivity index (χ2n) is 4.42. The number of nitrogens with zero attached hydrogens (tertiary/aromatic N) is 2. The minimum Gasteiger partial charge on any atom is -0.229 e. The average Bonchev–Trinajstić information content (AvgIpc) is 2.13. The first-order chi connectivity index (χ1) is 6.58. The Morgan fingerprint density at radius 3 is 2.36 bits per heavy atom. The normalized spacial score (nSPS) is 10.5. The fourth-order valence-corrected chi connectivity index (χ4v) is 1.41. The summed E-state index contributed by atoms with van der Waals surface area (Å²) < 4.78 is 0. The zero-order chi connectivity index (χ0) is 10.4. The van der Waals surface area contributed by atoms with Crippen LogP contribution in [0.1, 0.15) is 0 Å². The van der Waals surface area contributed by atoms with Crippen LogP contribution in [-0.4, -0.2) is 20.3 Å². The summed E-state index contributed by atoms with van der Waals surface area (Å²) in [7, 11) is -1.08. The van der Waals surface area contributed by atoms with Crippen LogP contribution in [-0.2, 0) is 0 Å². The molecule has 1 rings (SSSR count). The molecule has 0 radical (unpaired) electrons. The lowest BCUT2D eigenvalue weighted by atomic mass is 10.3. The molecule has 0 aromatic heterocycles. The van der Waals surface area contributed by atoms with Crippen molar-refractivity contribution in [3.8, 4) is 0 Å². The zero-order valence-electron chi connectivity index (χ0n) is 8.99. The van der Waals surface area contributed by atoms with Gasteiger partial charge in [0.15, 0.2) is 0 Å². The van der Waals surface area contributed by atoms with Gasteiger partial charge in [-0.05, 0) is 12.1 Å². The van der Waals surface area contributed by atoms with Gasteiger partial charge in [-0.1, -0.05) is 37.8 Å². The van der Waals surface area contributed by atoms with Crippen molar-refractivity contribution in [3.05, 3.63) is 30.3 Å². The van der Waals surface area contributed by atoms with Crippen LogP contribution >= 0.6 is 0 Å². The molecule has 2 nitrogen and oxygen atoms in total. The van der Waals surface area contributed by atoms with Gasteiger partial charge in [-0.3, -0.25) is 0 Å². The van der Waals surface area contributed by atoms with E-state index in [0.29, 0.717) is 0 Å². The third-order valence-electron chi connectivity index (χ3n) is 1.56. The van der Waals surface area contributed by atoms with Crippen LogP contribution in [0.15, 0.2) is 40.3 Å². The first-order valence-electron chi connectivity index (χ1n) is 4.75. The van der Waals surface area contributed by atoms with Crippen molar-refractivity contribution in [3.63, 3.8) is 0 Å². The second kappa shape index (κ2) is 4.89. The zero-order valence-corrected chi connectivity index (χ0v) is 9.99. The molecule has 0 unspecified atom stereocenters. The maximum Gasteiger partial charge on any atom is 0.0945 e. The van der Waals surface area contributed by atoms with Crippen LogP contribution in [0.2, 0.25) is 19.6 Å². The first-order valence-corrected chi connectivity index (χ1v) is 8.46. The molecule has 0 saturated carbocycles. The Balaban J connectivity index is 2.57. The highest BCUT2D eigenvalue weighted by molar-refractivity contribution is 6.76. The van der Waals surface area contributed by atoms with E-state index in [1.54, 1.807) is 0 Å². The minimum atomic E-state index is -1.08. The molecule has 0 aliphatic rings. The molecule has 74 valence electrons. The van der Waals surface area contributed by atoms with E-state index in [-0.39, 0.29) is 0 Å². The van der Waals surface area contributed by atoms with Crippen molar-refractivity contribution in [2.75, 3.05) is 6.17 Å². The summed E-state index contributed by atoms with van der Waals surface area (Å²) in [6.07, 6.45) is 0.892. The molecule has 0 saturated heterocycles. The van der Waals surface area contributed by atoms with Gasteiger partial charge in [-0.25, -0.2) is 4.99 Å². The molecule has 0 N–H and O–H groups in total. The molecule has 0 aliphatic carbocycles. The molecule has 0 heterocycles. The Bertz CT molecular complexity index is 332. The lowest BCUT2D eigenvalue weighted by molar-refractivity contribution is 1.29. The lowest BCUT2D eigenvalue weighted by Gasteiger charge is -2.09. The first kappa shape index (κ1) is 10.9. The van der Waals surface area contributed by atoms with Gasteiger partial charge in [-0.2, -0.15) is 4.99 Å². The van der Waals surface area contributed by atoms with Gasteiger partial charge in [0, 0.05) is 6.17 Å². The van der Waals surface area contributed by atoms with Gasteiger partial charge < -0.3 is 0 Å². The van der Waals surface area contributed by atoms with Crippen LogP contribution in [0.25, 0.3) is 0 Å². The van der Waals surface area contributed by atoms with Gasteiger partial charge >= 0.3 is 0 Å². The van der Waals surface area contributed by atoms with Gasteiger partial charge in [0.25, 0.3) is 0 Å². The molecule has 0 aliphatic heterocycles. The van der Waals surface area contributed by atoms with E-state index in [2.05, 4.69) is 35.6 Å². The van der Waals surface area contributed by atoms with Gasteiger partial charge in [0.2, 0.25) is 0 Å². The maximum absolute atomic E-state index is 4.18. The second-order valence-corrected chi connectivity index (χ2v) is 9.86. The van der Waals surface area contributed by atoms with Crippen molar-refractivity contribution in [2.24, 2.45) is 9.98 Å². The molecule has 14 heavy (non-hydrogen) atoms. The van der Waals surface area contributed by atoms with Crippen molar-refractivity contribution >= 4 is 19.8 Å². The molecule has 3 heteroatoms. The molecule has 0 fully saturated rings. The van der Waals surface area contributed by atoms with E-state index in [0.717, 1.165) is 11.9 Å². The fourth-order valence-electron chi connectivity index (χ4n) is 0.868. The Kier molecular flexibility index (Phi) is 3.80. The van der Waals surface area contributed by atoms with Crippen molar-refractivity contribution in [1.29, 1.82) is 0 Å². The highest BCUT2D eigenvalue weighted by Gasteiger charge is 2.10. The predicted octanol–water partition coefficient (Wildman–Crippen LogP) is 3.37. The number of rotatable bonds is 3. The number of hydrogen-bond acceptors (Lipinski definition) is 2. The Labute approximate surface area is 86.4 Å². The SMILES string of the molecule is C[Si](C)(C)CN=C=Nc1ccccc1. The monoisotopic (exact) mass is 204 g/mol. The molecule has 0 spiro atoms. The largest absolute Gasteiger partial charge is 0.229 e. The minimum absolute atomic E-state index is 0.892. The number of aliphatic imine (C=N–C) groups is 2. The van der Waals surface area contributed by atoms with Crippen LogP contribution < -0.4 is 0 Å². The summed E-state index contributed by atoms with van der Waals surface area (Å²) >= 11 is 0. The summed E-state index contributed by atoms with van der Waals surface area (Å²) in [6.45, 7) is 6.84. The molecule has 1 aromatic rings. The Morgan fingerprint density at radius 2 is 1.79 bits per heavy atom. The smallest absolute Gasteiger partial charge is 0.0945 e. The van der Waals surface area contributed by atoms with E-state index in [9.17, 15) is 0 Å². The fraction of sp³-hybridized carbons (Fsp3) is 0.364. The van der Waals surface area contributed by atoms with Gasteiger partial charge in [-0.15, -0.1) is 0 Å². The van der Waals surface area contributed by atoms with Gasteiger partial charge in [0.1, 0.15) is 0 Å². The highest BCUT2D eigenvalue weighted by Crippen LogP contribution is 2.07. The van der Waals surface area contributed by atoms with Crippen LogP contribution in [0.3, 0.4) is 0 Å². The molecule has 0 atom stereocenters. The topological polar surface area (TPSA) is 24.7 Å². The Hall–Kier alpha value is -1.18. The molecule has 0 amide bonds. The Morgan fingerprint density at radius 1 is 1.14 bits per heavy atom. The van der Waals surface area contributed by atoms with Crippen LogP contribution in [0.4, 0.5) is 5.69 Å². The summed E-state index contributed by atoms with van der Waals surface area (Å²) in [5.74, 6) is 0. The third kappa shape index (κ3) is 4.75. The molecular weight excluding hydrogens is 188 g/mol. The molecular formula is C11H16N2Si.